The number of carbonyl (C=O) groups excluding carboxylic acids is 1. The molecule has 0 spiro atoms. The van der Waals surface area contributed by atoms with Crippen molar-refractivity contribution in [3.05, 3.63) is 29.8 Å². The molecule has 2 amide bonds. The van der Waals surface area contributed by atoms with E-state index in [0.717, 1.165) is 12.1 Å². The Hall–Kier alpha value is -2.04. The van der Waals surface area contributed by atoms with Crippen LogP contribution in [0.3, 0.4) is 0 Å². The van der Waals surface area contributed by atoms with Crippen molar-refractivity contribution in [1.82, 2.24) is 5.32 Å². The number of hydrogen-bond acceptors (Lipinski definition) is 2. The van der Waals surface area contributed by atoms with Crippen LogP contribution < -0.4 is 10.2 Å². The Balaban J connectivity index is 2.84. The summed E-state index contributed by atoms with van der Waals surface area (Å²) in [6.45, 7) is 7.40. The first-order valence-electron chi connectivity index (χ1n) is 7.02. The van der Waals surface area contributed by atoms with Gasteiger partial charge in [0.25, 0.3) is 0 Å². The van der Waals surface area contributed by atoms with Crippen molar-refractivity contribution in [2.24, 2.45) is 5.41 Å². The number of benzene rings is 1. The lowest BCUT2D eigenvalue weighted by Crippen LogP contribution is -2.52. The molecule has 5 heteroatoms. The normalized spacial score (nSPS) is 12.6. The van der Waals surface area contributed by atoms with Gasteiger partial charge in [-0.15, -0.1) is 0 Å². The molecule has 0 aliphatic heterocycles. The minimum absolute atomic E-state index is 0.429. The second kappa shape index (κ2) is 6.61. The van der Waals surface area contributed by atoms with Gasteiger partial charge in [-0.25, -0.2) is 9.59 Å². The van der Waals surface area contributed by atoms with Crippen LogP contribution in [-0.4, -0.2) is 30.2 Å². The van der Waals surface area contributed by atoms with Crippen LogP contribution in [0.25, 0.3) is 0 Å². The number of rotatable bonds is 4. The van der Waals surface area contributed by atoms with Crippen LogP contribution in [0, 0.1) is 5.41 Å². The number of hydrogen-bond donors (Lipinski definition) is 2. The summed E-state index contributed by atoms with van der Waals surface area (Å²) in [4.78, 5) is 24.9. The third-order valence-corrected chi connectivity index (χ3v) is 3.42. The van der Waals surface area contributed by atoms with Gasteiger partial charge in [0, 0.05) is 12.7 Å². The number of aryl methyl sites for hydroxylation is 1. The molecule has 0 bridgehead atoms. The van der Waals surface area contributed by atoms with E-state index in [1.54, 1.807) is 27.8 Å². The predicted molar refractivity (Wildman–Crippen MR) is 83.6 cm³/mol. The molecule has 0 aliphatic rings. The van der Waals surface area contributed by atoms with Crippen molar-refractivity contribution in [2.75, 3.05) is 11.9 Å². The Morgan fingerprint density at radius 3 is 2.14 bits per heavy atom. The largest absolute Gasteiger partial charge is 0.480 e. The smallest absolute Gasteiger partial charge is 0.326 e. The zero-order valence-corrected chi connectivity index (χ0v) is 13.3. The van der Waals surface area contributed by atoms with Crippen molar-refractivity contribution >= 4 is 17.7 Å². The molecule has 116 valence electrons. The van der Waals surface area contributed by atoms with Gasteiger partial charge in [0.15, 0.2) is 0 Å². The molecule has 0 fully saturated rings. The summed E-state index contributed by atoms with van der Waals surface area (Å²) in [5.74, 6) is -1.04. The van der Waals surface area contributed by atoms with Crippen molar-refractivity contribution < 1.29 is 14.7 Å². The lowest BCUT2D eigenvalue weighted by Gasteiger charge is -2.29. The van der Waals surface area contributed by atoms with Crippen LogP contribution in [0.15, 0.2) is 24.3 Å². The van der Waals surface area contributed by atoms with Crippen LogP contribution >= 0.6 is 0 Å². The molecule has 0 saturated carbocycles. The Morgan fingerprint density at radius 1 is 1.24 bits per heavy atom. The van der Waals surface area contributed by atoms with Crippen LogP contribution in [0.1, 0.15) is 33.3 Å². The first kappa shape index (κ1) is 17.0. The topological polar surface area (TPSA) is 69.6 Å². The lowest BCUT2D eigenvalue weighted by molar-refractivity contribution is -0.141. The summed E-state index contributed by atoms with van der Waals surface area (Å²) in [7, 11) is 1.62. The second-order valence-corrected chi connectivity index (χ2v) is 6.17. The van der Waals surface area contributed by atoms with E-state index in [1.165, 1.54) is 10.5 Å². The summed E-state index contributed by atoms with van der Waals surface area (Å²) >= 11 is 0. The van der Waals surface area contributed by atoms with Crippen LogP contribution in [0.2, 0.25) is 0 Å². The summed E-state index contributed by atoms with van der Waals surface area (Å²) in [5, 5.41) is 11.8. The van der Waals surface area contributed by atoms with E-state index in [1.807, 2.05) is 24.3 Å². The Labute approximate surface area is 126 Å². The van der Waals surface area contributed by atoms with E-state index in [0.29, 0.717) is 0 Å². The molecule has 0 aliphatic carbocycles. The number of urea groups is 1. The molecular formula is C16H24N2O3. The first-order chi connectivity index (χ1) is 9.66. The number of nitrogens with one attached hydrogen (secondary N) is 1. The number of aliphatic carboxylic acids is 1. The number of anilines is 1. The van der Waals surface area contributed by atoms with Crippen LogP contribution in [0.5, 0.6) is 0 Å². The maximum Gasteiger partial charge on any atom is 0.326 e. The monoisotopic (exact) mass is 292 g/mol. The average Bonchev–Trinajstić information content (AvgIpc) is 2.42. The van der Waals surface area contributed by atoms with Crippen LogP contribution in [0.4, 0.5) is 10.5 Å². The molecule has 0 heterocycles. The Bertz CT molecular complexity index is 503. The molecule has 1 aromatic rings. The fourth-order valence-corrected chi connectivity index (χ4v) is 1.94. The number of carbonyl (C=O) groups is 2. The van der Waals surface area contributed by atoms with Crippen LogP contribution in [-0.2, 0) is 11.2 Å². The Kier molecular flexibility index (Phi) is 5.35. The SMILES string of the molecule is CCc1ccc(N(C)C(=O)NC(C(=O)O)C(C)(C)C)cc1. The minimum atomic E-state index is -1.04. The molecule has 1 atom stereocenters. The van der Waals surface area contributed by atoms with Crippen molar-refractivity contribution in [3.8, 4) is 0 Å². The molecule has 1 unspecified atom stereocenters. The van der Waals surface area contributed by atoms with E-state index in [9.17, 15) is 14.7 Å². The average molecular weight is 292 g/mol. The molecule has 2 N–H and O–H groups in total. The van der Waals surface area contributed by atoms with Gasteiger partial charge in [-0.05, 0) is 29.5 Å². The van der Waals surface area contributed by atoms with Gasteiger partial charge in [0.1, 0.15) is 6.04 Å². The fraction of sp³-hybridized carbons (Fsp3) is 0.500. The molecule has 1 rings (SSSR count). The molecule has 21 heavy (non-hydrogen) atoms. The zero-order chi connectivity index (χ0) is 16.2. The van der Waals surface area contributed by atoms with Gasteiger partial charge in [-0.3, -0.25) is 4.90 Å². The Morgan fingerprint density at radius 2 is 1.76 bits per heavy atom. The molecule has 0 aromatic heterocycles. The molecule has 0 radical (unpaired) electrons. The number of carboxylic acids is 1. The van der Waals surface area contributed by atoms with Gasteiger partial charge in [0.05, 0.1) is 0 Å². The maximum atomic E-state index is 12.2. The number of carboxylic acid groups (broad SMARTS) is 1. The van der Waals surface area contributed by atoms with E-state index in [4.69, 9.17) is 0 Å². The van der Waals surface area contributed by atoms with Gasteiger partial charge >= 0.3 is 12.0 Å². The van der Waals surface area contributed by atoms with Crippen molar-refractivity contribution in [1.29, 1.82) is 0 Å². The highest BCUT2D eigenvalue weighted by Gasteiger charge is 2.33. The zero-order valence-electron chi connectivity index (χ0n) is 13.3. The van der Waals surface area contributed by atoms with E-state index in [2.05, 4.69) is 12.2 Å². The van der Waals surface area contributed by atoms with E-state index >= 15 is 0 Å². The van der Waals surface area contributed by atoms with Gasteiger partial charge in [-0.2, -0.15) is 0 Å². The standard InChI is InChI=1S/C16H24N2O3/c1-6-11-7-9-12(10-8-11)18(5)15(21)17-13(14(19)20)16(2,3)4/h7-10,13H,6H2,1-5H3,(H,17,21)(H,19,20). The summed E-state index contributed by atoms with van der Waals surface area (Å²) < 4.78 is 0. The summed E-state index contributed by atoms with van der Waals surface area (Å²) in [6, 6.07) is 6.25. The summed E-state index contributed by atoms with van der Waals surface area (Å²) in [5.41, 5.74) is 1.35. The predicted octanol–water partition coefficient (Wildman–Crippen LogP) is 2.89. The minimum Gasteiger partial charge on any atom is -0.480 e. The van der Waals surface area contributed by atoms with E-state index < -0.39 is 23.5 Å². The van der Waals surface area contributed by atoms with Crippen molar-refractivity contribution in [2.45, 2.75) is 40.2 Å². The van der Waals surface area contributed by atoms with E-state index in [-0.39, 0.29) is 0 Å². The first-order valence-corrected chi connectivity index (χ1v) is 7.02. The lowest BCUT2D eigenvalue weighted by atomic mass is 9.87. The number of amides is 2. The molecular weight excluding hydrogens is 268 g/mol. The van der Waals surface area contributed by atoms with Gasteiger partial charge < -0.3 is 10.4 Å². The third kappa shape index (κ3) is 4.48. The highest BCUT2D eigenvalue weighted by atomic mass is 16.4. The molecule has 1 aromatic carbocycles. The van der Waals surface area contributed by atoms with Gasteiger partial charge in [-0.1, -0.05) is 39.8 Å². The summed E-state index contributed by atoms with van der Waals surface area (Å²) in [6.07, 6.45) is 0.932. The molecule has 0 saturated heterocycles. The highest BCUT2D eigenvalue weighted by molar-refractivity contribution is 5.94. The third-order valence-electron chi connectivity index (χ3n) is 3.42. The quantitative estimate of drug-likeness (QED) is 0.896. The van der Waals surface area contributed by atoms with Gasteiger partial charge in [0.2, 0.25) is 0 Å². The van der Waals surface area contributed by atoms with Crippen molar-refractivity contribution in [3.63, 3.8) is 0 Å². The fourth-order valence-electron chi connectivity index (χ4n) is 1.94. The number of nitrogens with zero attached hydrogens (tertiary/aromatic N) is 1. The maximum absolute atomic E-state index is 12.2. The molecule has 5 nitrogen and oxygen atoms in total. The highest BCUT2D eigenvalue weighted by Crippen LogP contribution is 2.20. The second-order valence-electron chi connectivity index (χ2n) is 6.17.